The maximum atomic E-state index is 12.6. The Kier molecular flexibility index (Phi) is 5.06. The van der Waals surface area contributed by atoms with Crippen LogP contribution in [0.1, 0.15) is 38.2 Å². The van der Waals surface area contributed by atoms with Gasteiger partial charge in [0.15, 0.2) is 0 Å². The fraction of sp³-hybridized carbons (Fsp3) is 0.526. The Morgan fingerprint density at radius 1 is 1.20 bits per heavy atom. The van der Waals surface area contributed by atoms with Crippen molar-refractivity contribution < 1.29 is 19.5 Å². The van der Waals surface area contributed by atoms with Gasteiger partial charge in [-0.15, -0.1) is 0 Å². The number of carbonyl (C=O) groups excluding carboxylic acids is 2. The highest BCUT2D eigenvalue weighted by Gasteiger charge is 2.33. The molecule has 6 nitrogen and oxygen atoms in total. The number of aliphatic carboxylic acids is 1. The number of piperidine rings is 1. The minimum Gasteiger partial charge on any atom is -0.481 e. The Bertz CT molecular complexity index is 688. The van der Waals surface area contributed by atoms with E-state index in [9.17, 15) is 19.5 Å². The number of para-hydroxylation sites is 1. The van der Waals surface area contributed by atoms with E-state index in [2.05, 4.69) is 0 Å². The molecule has 1 N–H and O–H groups in total. The van der Waals surface area contributed by atoms with Gasteiger partial charge >= 0.3 is 5.97 Å². The molecule has 2 atom stereocenters. The van der Waals surface area contributed by atoms with Crippen LogP contribution < -0.4 is 4.90 Å². The van der Waals surface area contributed by atoms with Gasteiger partial charge in [0, 0.05) is 37.7 Å². The first-order valence-corrected chi connectivity index (χ1v) is 8.88. The number of hydrogen-bond acceptors (Lipinski definition) is 3. The summed E-state index contributed by atoms with van der Waals surface area (Å²) < 4.78 is 0. The second-order valence-corrected chi connectivity index (χ2v) is 6.93. The molecule has 1 fully saturated rings. The second-order valence-electron chi connectivity index (χ2n) is 6.93. The van der Waals surface area contributed by atoms with Crippen molar-refractivity contribution in [3.8, 4) is 0 Å². The van der Waals surface area contributed by atoms with Crippen molar-refractivity contribution in [2.45, 2.75) is 45.1 Å². The maximum Gasteiger partial charge on any atom is 0.308 e. The average Bonchev–Trinajstić information content (AvgIpc) is 2.60. The standard InChI is InChI=1S/C19H24N2O4/c1-13-6-7-15(19(24)25)12-21(13)18(23)10-11-20-16-5-3-2-4-14(16)8-9-17(20)22/h2-5,13,15H,6-12H2,1H3,(H,24,25). The van der Waals surface area contributed by atoms with Crippen LogP contribution in [0.3, 0.4) is 0 Å². The van der Waals surface area contributed by atoms with Crippen LogP contribution in [0.4, 0.5) is 5.69 Å². The molecule has 0 bridgehead atoms. The number of likely N-dealkylation sites (tertiary alicyclic amines) is 1. The molecule has 0 spiro atoms. The Morgan fingerprint density at radius 3 is 2.72 bits per heavy atom. The first kappa shape index (κ1) is 17.5. The SMILES string of the molecule is CC1CCC(C(=O)O)CN1C(=O)CCN1C(=O)CCc2ccccc21. The lowest BCUT2D eigenvalue weighted by molar-refractivity contribution is -0.147. The van der Waals surface area contributed by atoms with Crippen molar-refractivity contribution in [3.63, 3.8) is 0 Å². The summed E-state index contributed by atoms with van der Waals surface area (Å²) in [6.45, 7) is 2.56. The number of aryl methyl sites for hydroxylation is 1. The molecule has 2 aliphatic rings. The zero-order valence-electron chi connectivity index (χ0n) is 14.5. The molecule has 1 aromatic carbocycles. The molecule has 2 unspecified atom stereocenters. The Hall–Kier alpha value is -2.37. The molecule has 1 aromatic rings. The quantitative estimate of drug-likeness (QED) is 0.907. The molecule has 2 heterocycles. The van der Waals surface area contributed by atoms with Gasteiger partial charge in [0.2, 0.25) is 11.8 Å². The largest absolute Gasteiger partial charge is 0.481 e. The lowest BCUT2D eigenvalue weighted by atomic mass is 9.93. The molecule has 3 rings (SSSR count). The zero-order chi connectivity index (χ0) is 18.0. The molecule has 2 aliphatic heterocycles. The normalized spacial score (nSPS) is 23.3. The molecular weight excluding hydrogens is 320 g/mol. The van der Waals surface area contributed by atoms with Gasteiger partial charge in [-0.25, -0.2) is 0 Å². The number of rotatable bonds is 4. The smallest absolute Gasteiger partial charge is 0.308 e. The van der Waals surface area contributed by atoms with Crippen LogP contribution in [0, 0.1) is 5.92 Å². The van der Waals surface area contributed by atoms with Crippen LogP contribution in [-0.4, -0.2) is 46.9 Å². The number of fused-ring (bicyclic) bond motifs is 1. The van der Waals surface area contributed by atoms with Gasteiger partial charge in [-0.3, -0.25) is 14.4 Å². The Labute approximate surface area is 147 Å². The second kappa shape index (κ2) is 7.25. The van der Waals surface area contributed by atoms with Gasteiger partial charge in [-0.05, 0) is 37.8 Å². The van der Waals surface area contributed by atoms with Crippen LogP contribution >= 0.6 is 0 Å². The molecule has 0 aliphatic carbocycles. The van der Waals surface area contributed by atoms with Gasteiger partial charge in [0.1, 0.15) is 0 Å². The molecule has 1 saturated heterocycles. The summed E-state index contributed by atoms with van der Waals surface area (Å²) in [5.74, 6) is -1.36. The molecule has 0 radical (unpaired) electrons. The summed E-state index contributed by atoms with van der Waals surface area (Å²) >= 11 is 0. The van der Waals surface area contributed by atoms with E-state index in [4.69, 9.17) is 0 Å². The van der Waals surface area contributed by atoms with Crippen molar-refractivity contribution >= 4 is 23.5 Å². The van der Waals surface area contributed by atoms with E-state index in [-0.39, 0.29) is 30.8 Å². The zero-order valence-corrected chi connectivity index (χ0v) is 14.5. The summed E-state index contributed by atoms with van der Waals surface area (Å²) in [7, 11) is 0. The van der Waals surface area contributed by atoms with Crippen LogP contribution in [0.5, 0.6) is 0 Å². The number of nitrogens with zero attached hydrogens (tertiary/aromatic N) is 2. The number of anilines is 1. The third-order valence-electron chi connectivity index (χ3n) is 5.29. The number of carbonyl (C=O) groups is 3. The first-order valence-electron chi connectivity index (χ1n) is 8.88. The number of amides is 2. The van der Waals surface area contributed by atoms with Crippen LogP contribution in [-0.2, 0) is 20.8 Å². The van der Waals surface area contributed by atoms with Gasteiger partial charge in [-0.2, -0.15) is 0 Å². The average molecular weight is 344 g/mol. The molecular formula is C19H24N2O4. The van der Waals surface area contributed by atoms with Crippen molar-refractivity contribution in [1.29, 1.82) is 0 Å². The lowest BCUT2D eigenvalue weighted by Gasteiger charge is -2.37. The Morgan fingerprint density at radius 2 is 1.96 bits per heavy atom. The summed E-state index contributed by atoms with van der Waals surface area (Å²) in [5, 5.41) is 9.21. The van der Waals surface area contributed by atoms with Gasteiger partial charge in [-0.1, -0.05) is 18.2 Å². The summed E-state index contributed by atoms with van der Waals surface area (Å²) in [6, 6.07) is 7.84. The lowest BCUT2D eigenvalue weighted by Crippen LogP contribution is -2.48. The Balaban J connectivity index is 1.66. The van der Waals surface area contributed by atoms with E-state index < -0.39 is 11.9 Å². The molecule has 134 valence electrons. The van der Waals surface area contributed by atoms with Gasteiger partial charge < -0.3 is 14.9 Å². The van der Waals surface area contributed by atoms with E-state index in [0.717, 1.165) is 17.7 Å². The number of hydrogen-bond donors (Lipinski definition) is 1. The predicted octanol–water partition coefficient (Wildman–Crippen LogP) is 2.07. The summed E-state index contributed by atoms with van der Waals surface area (Å²) in [5.41, 5.74) is 2.02. The number of carboxylic acid groups (broad SMARTS) is 1. The van der Waals surface area contributed by atoms with Gasteiger partial charge in [0.25, 0.3) is 0 Å². The van der Waals surface area contributed by atoms with Crippen molar-refractivity contribution in [3.05, 3.63) is 29.8 Å². The number of carboxylic acids is 1. The van der Waals surface area contributed by atoms with Gasteiger partial charge in [0.05, 0.1) is 5.92 Å². The van der Waals surface area contributed by atoms with Crippen molar-refractivity contribution in [1.82, 2.24) is 4.90 Å². The fourth-order valence-electron chi connectivity index (χ4n) is 3.75. The molecule has 0 saturated carbocycles. The van der Waals surface area contributed by atoms with E-state index in [1.165, 1.54) is 0 Å². The highest BCUT2D eigenvalue weighted by Crippen LogP contribution is 2.28. The van der Waals surface area contributed by atoms with Crippen LogP contribution in [0.2, 0.25) is 0 Å². The predicted molar refractivity (Wildman–Crippen MR) is 93.3 cm³/mol. The molecule has 2 amide bonds. The van der Waals surface area contributed by atoms with E-state index in [1.54, 1.807) is 9.80 Å². The summed E-state index contributed by atoms with van der Waals surface area (Å²) in [6.07, 6.45) is 2.73. The van der Waals surface area contributed by atoms with E-state index in [1.807, 2.05) is 31.2 Å². The van der Waals surface area contributed by atoms with Crippen molar-refractivity contribution in [2.75, 3.05) is 18.0 Å². The highest BCUT2D eigenvalue weighted by atomic mass is 16.4. The third-order valence-corrected chi connectivity index (χ3v) is 5.29. The first-order chi connectivity index (χ1) is 12.0. The van der Waals surface area contributed by atoms with E-state index >= 15 is 0 Å². The molecule has 6 heteroatoms. The van der Waals surface area contributed by atoms with Crippen LogP contribution in [0.25, 0.3) is 0 Å². The number of benzene rings is 1. The third kappa shape index (κ3) is 3.67. The molecule has 0 aromatic heterocycles. The fourth-order valence-corrected chi connectivity index (χ4v) is 3.75. The molecule has 25 heavy (non-hydrogen) atoms. The minimum absolute atomic E-state index is 0.0432. The van der Waals surface area contributed by atoms with Crippen molar-refractivity contribution in [2.24, 2.45) is 5.92 Å². The monoisotopic (exact) mass is 344 g/mol. The minimum atomic E-state index is -0.843. The van der Waals surface area contributed by atoms with E-state index in [0.29, 0.717) is 25.8 Å². The topological polar surface area (TPSA) is 77.9 Å². The van der Waals surface area contributed by atoms with Crippen LogP contribution in [0.15, 0.2) is 24.3 Å². The highest BCUT2D eigenvalue weighted by molar-refractivity contribution is 5.97. The maximum absolute atomic E-state index is 12.6. The summed E-state index contributed by atoms with van der Waals surface area (Å²) in [4.78, 5) is 39.5.